The number of hydrogen-bond acceptors (Lipinski definition) is 3. The number of benzene rings is 1. The van der Waals surface area contributed by atoms with Crippen LogP contribution in [0.4, 0.5) is 0 Å². The Morgan fingerprint density at radius 3 is 2.62 bits per heavy atom. The van der Waals surface area contributed by atoms with Crippen LogP contribution in [0.1, 0.15) is 23.0 Å². The lowest BCUT2D eigenvalue weighted by Crippen LogP contribution is -2.39. The van der Waals surface area contributed by atoms with Crippen LogP contribution in [-0.4, -0.2) is 40.2 Å². The van der Waals surface area contributed by atoms with Gasteiger partial charge in [0.1, 0.15) is 0 Å². The molecule has 1 heterocycles. The molecule has 1 aromatic heterocycles. The Labute approximate surface area is 132 Å². The van der Waals surface area contributed by atoms with Crippen LogP contribution in [0, 0.1) is 6.92 Å². The quantitative estimate of drug-likeness (QED) is 0.920. The van der Waals surface area contributed by atoms with Gasteiger partial charge >= 0.3 is 0 Å². The normalized spacial score (nSPS) is 12.2. The Balaban J connectivity index is 2.32. The van der Waals surface area contributed by atoms with Gasteiger partial charge in [-0.15, -0.1) is 0 Å². The van der Waals surface area contributed by atoms with Crippen LogP contribution in [-0.2, 0) is 0 Å². The number of nitrogens with zero attached hydrogens (tertiary/aromatic N) is 3. The summed E-state index contributed by atoms with van der Waals surface area (Å²) in [7, 11) is 1.76. The molecule has 0 radical (unpaired) electrons. The van der Waals surface area contributed by atoms with Crippen molar-refractivity contribution in [3.8, 4) is 5.69 Å². The molecule has 1 amide bonds. The lowest BCUT2D eigenvalue weighted by atomic mass is 10.2. The number of aromatic nitrogens is 2. The molecule has 6 heteroatoms. The van der Waals surface area contributed by atoms with Crippen LogP contribution < -0.4 is 5.73 Å². The molecule has 0 aliphatic rings. The minimum atomic E-state index is -0.0613. The van der Waals surface area contributed by atoms with Gasteiger partial charge in [-0.2, -0.15) is 5.10 Å². The first-order valence-corrected chi connectivity index (χ1v) is 7.52. The molecular weight excluding hydrogens is 332 g/mol. The SMILES string of the molecule is Cc1c(C(=O)N(C)C(C)CN)cnn1-c1ccc(Br)cc1. The summed E-state index contributed by atoms with van der Waals surface area (Å²) in [4.78, 5) is 14.1. The van der Waals surface area contributed by atoms with Crippen molar-refractivity contribution in [3.05, 3.63) is 46.2 Å². The summed E-state index contributed by atoms with van der Waals surface area (Å²) in [6.07, 6.45) is 1.61. The number of hydrogen-bond donors (Lipinski definition) is 1. The third kappa shape index (κ3) is 3.16. The van der Waals surface area contributed by atoms with Gasteiger partial charge in [-0.3, -0.25) is 4.79 Å². The molecular formula is C15H19BrN4O. The van der Waals surface area contributed by atoms with Crippen molar-refractivity contribution in [1.82, 2.24) is 14.7 Å². The van der Waals surface area contributed by atoms with Crippen LogP contribution in [0.3, 0.4) is 0 Å². The van der Waals surface area contributed by atoms with Gasteiger partial charge in [0.2, 0.25) is 0 Å². The Morgan fingerprint density at radius 2 is 2.05 bits per heavy atom. The zero-order valence-corrected chi connectivity index (χ0v) is 14.0. The number of rotatable bonds is 4. The summed E-state index contributed by atoms with van der Waals surface area (Å²) in [6.45, 7) is 4.25. The Kier molecular flexibility index (Phi) is 4.80. The predicted octanol–water partition coefficient (Wildman–Crippen LogP) is 2.36. The van der Waals surface area contributed by atoms with Crippen LogP contribution in [0.2, 0.25) is 0 Å². The highest BCUT2D eigenvalue weighted by atomic mass is 79.9. The second kappa shape index (κ2) is 6.41. The minimum Gasteiger partial charge on any atom is -0.338 e. The van der Waals surface area contributed by atoms with Gasteiger partial charge in [0.25, 0.3) is 5.91 Å². The molecule has 0 fully saturated rings. The molecule has 112 valence electrons. The van der Waals surface area contributed by atoms with Gasteiger partial charge in [-0.05, 0) is 38.1 Å². The van der Waals surface area contributed by atoms with Gasteiger partial charge < -0.3 is 10.6 Å². The van der Waals surface area contributed by atoms with E-state index in [4.69, 9.17) is 5.73 Å². The van der Waals surface area contributed by atoms with E-state index in [1.54, 1.807) is 22.8 Å². The first kappa shape index (κ1) is 15.7. The van der Waals surface area contributed by atoms with Crippen molar-refractivity contribution in [2.75, 3.05) is 13.6 Å². The van der Waals surface area contributed by atoms with Crippen LogP contribution in [0.5, 0.6) is 0 Å². The fourth-order valence-electron chi connectivity index (χ4n) is 2.01. The number of amides is 1. The number of likely N-dealkylation sites (N-methyl/N-ethyl adjacent to an activating group) is 1. The molecule has 1 aromatic carbocycles. The first-order chi connectivity index (χ1) is 9.95. The molecule has 0 spiro atoms. The molecule has 0 saturated heterocycles. The Bertz CT molecular complexity index is 636. The third-order valence-electron chi connectivity index (χ3n) is 3.63. The van der Waals surface area contributed by atoms with Crippen LogP contribution in [0.15, 0.2) is 34.9 Å². The maximum atomic E-state index is 12.5. The molecule has 0 aliphatic carbocycles. The molecule has 1 atom stereocenters. The molecule has 21 heavy (non-hydrogen) atoms. The van der Waals surface area contributed by atoms with Gasteiger partial charge in [-0.25, -0.2) is 4.68 Å². The summed E-state index contributed by atoms with van der Waals surface area (Å²) < 4.78 is 2.77. The summed E-state index contributed by atoms with van der Waals surface area (Å²) in [6, 6.07) is 7.78. The van der Waals surface area contributed by atoms with Crippen molar-refractivity contribution >= 4 is 21.8 Å². The third-order valence-corrected chi connectivity index (χ3v) is 4.16. The molecule has 1 unspecified atom stereocenters. The largest absolute Gasteiger partial charge is 0.338 e. The standard InChI is InChI=1S/C15H19BrN4O/c1-10(8-17)19(3)15(21)14-9-18-20(11(14)2)13-6-4-12(16)5-7-13/h4-7,9-10H,8,17H2,1-3H3. The second-order valence-electron chi connectivity index (χ2n) is 5.03. The molecule has 2 rings (SSSR count). The van der Waals surface area contributed by atoms with Crippen LogP contribution in [0.25, 0.3) is 5.69 Å². The van der Waals surface area contributed by atoms with E-state index in [-0.39, 0.29) is 11.9 Å². The lowest BCUT2D eigenvalue weighted by molar-refractivity contribution is 0.0747. The molecule has 5 nitrogen and oxygen atoms in total. The number of carbonyl (C=O) groups excluding carboxylic acids is 1. The van der Waals surface area contributed by atoms with E-state index in [2.05, 4.69) is 21.0 Å². The van der Waals surface area contributed by atoms with Crippen LogP contribution >= 0.6 is 15.9 Å². The monoisotopic (exact) mass is 350 g/mol. The summed E-state index contributed by atoms with van der Waals surface area (Å²) in [5, 5.41) is 4.33. The van der Waals surface area contributed by atoms with Crippen molar-refractivity contribution in [1.29, 1.82) is 0 Å². The van der Waals surface area contributed by atoms with Crippen molar-refractivity contribution in [2.45, 2.75) is 19.9 Å². The Morgan fingerprint density at radius 1 is 1.43 bits per heavy atom. The maximum absolute atomic E-state index is 12.5. The summed E-state index contributed by atoms with van der Waals surface area (Å²) in [5.74, 6) is -0.0613. The van der Waals surface area contributed by atoms with E-state index in [1.807, 2.05) is 38.1 Å². The molecule has 0 bridgehead atoms. The highest BCUT2D eigenvalue weighted by molar-refractivity contribution is 9.10. The predicted molar refractivity (Wildman–Crippen MR) is 86.6 cm³/mol. The number of carbonyl (C=O) groups is 1. The molecule has 0 aliphatic heterocycles. The second-order valence-corrected chi connectivity index (χ2v) is 5.95. The highest BCUT2D eigenvalue weighted by Crippen LogP contribution is 2.18. The molecule has 2 N–H and O–H groups in total. The van der Waals surface area contributed by atoms with Gasteiger partial charge in [-0.1, -0.05) is 15.9 Å². The average Bonchev–Trinajstić information content (AvgIpc) is 2.87. The fourth-order valence-corrected chi connectivity index (χ4v) is 2.27. The first-order valence-electron chi connectivity index (χ1n) is 6.73. The van der Waals surface area contributed by atoms with E-state index in [9.17, 15) is 4.79 Å². The average molecular weight is 351 g/mol. The molecule has 2 aromatic rings. The minimum absolute atomic E-state index is 0.00655. The zero-order valence-electron chi connectivity index (χ0n) is 12.4. The maximum Gasteiger partial charge on any atom is 0.257 e. The Hall–Kier alpha value is -1.66. The van der Waals surface area contributed by atoms with Crippen molar-refractivity contribution in [2.24, 2.45) is 5.73 Å². The van der Waals surface area contributed by atoms with E-state index in [0.717, 1.165) is 15.9 Å². The fraction of sp³-hybridized carbons (Fsp3) is 0.333. The lowest BCUT2D eigenvalue weighted by Gasteiger charge is -2.23. The zero-order chi connectivity index (χ0) is 15.6. The summed E-state index contributed by atoms with van der Waals surface area (Å²) >= 11 is 3.41. The van der Waals surface area contributed by atoms with Gasteiger partial charge in [0, 0.05) is 24.1 Å². The number of nitrogens with two attached hydrogens (primary N) is 1. The summed E-state index contributed by atoms with van der Waals surface area (Å²) in [5.41, 5.74) is 7.95. The van der Waals surface area contributed by atoms with Gasteiger partial charge in [0.05, 0.1) is 23.1 Å². The van der Waals surface area contributed by atoms with E-state index in [1.165, 1.54) is 0 Å². The topological polar surface area (TPSA) is 64.2 Å². The molecule has 0 saturated carbocycles. The van der Waals surface area contributed by atoms with Crippen molar-refractivity contribution in [3.63, 3.8) is 0 Å². The van der Waals surface area contributed by atoms with E-state index in [0.29, 0.717) is 12.1 Å². The highest BCUT2D eigenvalue weighted by Gasteiger charge is 2.21. The van der Waals surface area contributed by atoms with E-state index < -0.39 is 0 Å². The van der Waals surface area contributed by atoms with E-state index >= 15 is 0 Å². The smallest absolute Gasteiger partial charge is 0.257 e. The van der Waals surface area contributed by atoms with Gasteiger partial charge in [0.15, 0.2) is 0 Å². The van der Waals surface area contributed by atoms with Crippen molar-refractivity contribution < 1.29 is 4.79 Å². The number of halogens is 1.